The lowest BCUT2D eigenvalue weighted by atomic mass is 9.92. The fourth-order valence-corrected chi connectivity index (χ4v) is 3.00. The second-order valence-electron chi connectivity index (χ2n) is 5.34. The Balaban J connectivity index is 1.79. The van der Waals surface area contributed by atoms with E-state index >= 15 is 0 Å². The van der Waals surface area contributed by atoms with Crippen molar-refractivity contribution in [3.63, 3.8) is 0 Å². The summed E-state index contributed by atoms with van der Waals surface area (Å²) < 4.78 is 26.4. The Kier molecular flexibility index (Phi) is 3.49. The van der Waals surface area contributed by atoms with Crippen molar-refractivity contribution in [3.8, 4) is 0 Å². The number of aromatic nitrogens is 1. The van der Waals surface area contributed by atoms with Gasteiger partial charge < -0.3 is 5.73 Å². The summed E-state index contributed by atoms with van der Waals surface area (Å²) >= 11 is 0. The highest BCUT2D eigenvalue weighted by Gasteiger charge is 2.28. The lowest BCUT2D eigenvalue weighted by Gasteiger charge is -2.19. The Morgan fingerprint density at radius 3 is 2.75 bits per heavy atom. The molecule has 2 nitrogen and oxygen atoms in total. The molecule has 20 heavy (non-hydrogen) atoms. The zero-order chi connectivity index (χ0) is 14.1. The Labute approximate surface area is 116 Å². The van der Waals surface area contributed by atoms with Crippen LogP contribution in [0.25, 0.3) is 0 Å². The molecule has 2 aromatic rings. The van der Waals surface area contributed by atoms with Gasteiger partial charge in [0.15, 0.2) is 0 Å². The third-order valence-electron chi connectivity index (χ3n) is 3.91. The van der Waals surface area contributed by atoms with E-state index in [0.717, 1.165) is 24.6 Å². The first-order chi connectivity index (χ1) is 9.63. The molecular weight excluding hydrogens is 258 g/mol. The minimum atomic E-state index is -0.558. The van der Waals surface area contributed by atoms with Crippen molar-refractivity contribution in [3.05, 3.63) is 65.0 Å². The van der Waals surface area contributed by atoms with Gasteiger partial charge >= 0.3 is 0 Å². The van der Waals surface area contributed by atoms with E-state index in [-0.39, 0.29) is 12.0 Å². The molecule has 0 saturated carbocycles. The quantitative estimate of drug-likeness (QED) is 0.934. The number of aryl methyl sites for hydroxylation is 1. The van der Waals surface area contributed by atoms with E-state index in [9.17, 15) is 8.78 Å². The second-order valence-corrected chi connectivity index (χ2v) is 5.34. The molecule has 1 aliphatic carbocycles. The molecule has 0 amide bonds. The summed E-state index contributed by atoms with van der Waals surface area (Å²) in [5.41, 5.74) is 9.11. The minimum Gasteiger partial charge on any atom is -0.327 e. The highest BCUT2D eigenvalue weighted by Crippen LogP contribution is 2.34. The zero-order valence-corrected chi connectivity index (χ0v) is 11.0. The zero-order valence-electron chi connectivity index (χ0n) is 11.0. The number of benzene rings is 1. The van der Waals surface area contributed by atoms with E-state index in [4.69, 9.17) is 5.73 Å². The number of rotatable bonds is 3. The van der Waals surface area contributed by atoms with Crippen LogP contribution < -0.4 is 5.73 Å². The topological polar surface area (TPSA) is 38.9 Å². The summed E-state index contributed by atoms with van der Waals surface area (Å²) in [5, 5.41) is 0. The monoisotopic (exact) mass is 274 g/mol. The lowest BCUT2D eigenvalue weighted by molar-refractivity contribution is 0.512. The molecule has 0 saturated heterocycles. The molecule has 1 aromatic carbocycles. The van der Waals surface area contributed by atoms with E-state index < -0.39 is 11.6 Å². The van der Waals surface area contributed by atoms with Crippen LogP contribution in [0.2, 0.25) is 0 Å². The first kappa shape index (κ1) is 13.2. The molecule has 2 N–H and O–H groups in total. The maximum absolute atomic E-state index is 13.2. The molecule has 0 aliphatic heterocycles. The van der Waals surface area contributed by atoms with Crippen molar-refractivity contribution in [2.24, 2.45) is 5.73 Å². The standard InChI is InChI=1S/C16H16F2N2/c17-12-6-10(7-13(18)9-12)8-15(19)14-4-3-11-2-1-5-20-16(11)14/h1-2,5-7,9,14-15H,3-4,8,19H2. The summed E-state index contributed by atoms with van der Waals surface area (Å²) in [4.78, 5) is 4.41. The molecule has 1 aromatic heterocycles. The molecule has 3 rings (SSSR count). The van der Waals surface area contributed by atoms with Crippen molar-refractivity contribution in [2.45, 2.75) is 31.2 Å². The van der Waals surface area contributed by atoms with E-state index in [1.165, 1.54) is 17.7 Å². The first-order valence-corrected chi connectivity index (χ1v) is 6.78. The number of fused-ring (bicyclic) bond motifs is 1. The van der Waals surface area contributed by atoms with Crippen LogP contribution in [-0.2, 0) is 12.8 Å². The summed E-state index contributed by atoms with van der Waals surface area (Å²) in [6.07, 6.45) is 4.14. The number of hydrogen-bond donors (Lipinski definition) is 1. The molecule has 2 unspecified atom stereocenters. The third kappa shape index (κ3) is 2.56. The molecule has 0 bridgehead atoms. The van der Waals surface area contributed by atoms with E-state index in [0.29, 0.717) is 12.0 Å². The van der Waals surface area contributed by atoms with Crippen LogP contribution in [0.3, 0.4) is 0 Å². The lowest BCUT2D eigenvalue weighted by Crippen LogP contribution is -2.30. The Morgan fingerprint density at radius 1 is 1.25 bits per heavy atom. The molecule has 2 atom stereocenters. The minimum absolute atomic E-state index is 0.164. The molecule has 0 spiro atoms. The number of hydrogen-bond acceptors (Lipinski definition) is 2. The largest absolute Gasteiger partial charge is 0.327 e. The average molecular weight is 274 g/mol. The van der Waals surface area contributed by atoms with E-state index in [2.05, 4.69) is 11.1 Å². The second kappa shape index (κ2) is 5.29. The Hall–Kier alpha value is -1.81. The van der Waals surface area contributed by atoms with Gasteiger partial charge in [0.2, 0.25) is 0 Å². The van der Waals surface area contributed by atoms with Crippen molar-refractivity contribution in [2.75, 3.05) is 0 Å². The fraction of sp³-hybridized carbons (Fsp3) is 0.312. The highest BCUT2D eigenvalue weighted by atomic mass is 19.1. The normalized spacial score (nSPS) is 18.9. The molecule has 4 heteroatoms. The molecule has 1 heterocycles. The number of nitrogens with zero attached hydrogens (tertiary/aromatic N) is 1. The summed E-state index contributed by atoms with van der Waals surface area (Å²) in [6.45, 7) is 0. The van der Waals surface area contributed by atoms with Crippen LogP contribution in [-0.4, -0.2) is 11.0 Å². The molecule has 0 radical (unpaired) electrons. The van der Waals surface area contributed by atoms with Gasteiger partial charge in [-0.05, 0) is 48.6 Å². The van der Waals surface area contributed by atoms with Gasteiger partial charge in [0.1, 0.15) is 11.6 Å². The van der Waals surface area contributed by atoms with Gasteiger partial charge in [-0.25, -0.2) is 8.78 Å². The SMILES string of the molecule is NC(Cc1cc(F)cc(F)c1)C1CCc2cccnc21. The first-order valence-electron chi connectivity index (χ1n) is 6.78. The summed E-state index contributed by atoms with van der Waals surface area (Å²) in [5.74, 6) is -0.952. The molecule has 104 valence electrons. The average Bonchev–Trinajstić information content (AvgIpc) is 2.81. The van der Waals surface area contributed by atoms with Gasteiger partial charge in [-0.15, -0.1) is 0 Å². The van der Waals surface area contributed by atoms with Gasteiger partial charge in [0, 0.05) is 29.9 Å². The van der Waals surface area contributed by atoms with Crippen molar-refractivity contribution in [1.29, 1.82) is 0 Å². The van der Waals surface area contributed by atoms with Crippen LogP contribution in [0.15, 0.2) is 36.5 Å². The number of nitrogens with two attached hydrogens (primary N) is 1. The molecule has 1 aliphatic rings. The molecular formula is C16H16F2N2. The van der Waals surface area contributed by atoms with Crippen LogP contribution in [0.1, 0.15) is 29.2 Å². The fourth-order valence-electron chi connectivity index (χ4n) is 3.00. The predicted molar refractivity (Wildman–Crippen MR) is 73.3 cm³/mol. The van der Waals surface area contributed by atoms with E-state index in [1.54, 1.807) is 6.20 Å². The van der Waals surface area contributed by atoms with Gasteiger partial charge in [-0.3, -0.25) is 4.98 Å². The van der Waals surface area contributed by atoms with Gasteiger partial charge in [0.25, 0.3) is 0 Å². The van der Waals surface area contributed by atoms with Gasteiger partial charge in [0.05, 0.1) is 0 Å². The van der Waals surface area contributed by atoms with Crippen LogP contribution in [0.4, 0.5) is 8.78 Å². The summed E-state index contributed by atoms with van der Waals surface area (Å²) in [6, 6.07) is 7.38. The number of pyridine rings is 1. The number of halogens is 2. The van der Waals surface area contributed by atoms with Crippen LogP contribution in [0, 0.1) is 11.6 Å². The maximum atomic E-state index is 13.2. The van der Waals surface area contributed by atoms with Gasteiger partial charge in [-0.1, -0.05) is 6.07 Å². The Morgan fingerprint density at radius 2 is 2.00 bits per heavy atom. The summed E-state index contributed by atoms with van der Waals surface area (Å²) in [7, 11) is 0. The van der Waals surface area contributed by atoms with Crippen molar-refractivity contribution < 1.29 is 8.78 Å². The van der Waals surface area contributed by atoms with Crippen molar-refractivity contribution in [1.82, 2.24) is 4.98 Å². The third-order valence-corrected chi connectivity index (χ3v) is 3.91. The maximum Gasteiger partial charge on any atom is 0.126 e. The Bertz CT molecular complexity index is 607. The molecule has 0 fully saturated rings. The van der Waals surface area contributed by atoms with Crippen LogP contribution in [0.5, 0.6) is 0 Å². The van der Waals surface area contributed by atoms with E-state index in [1.807, 2.05) is 6.07 Å². The highest BCUT2D eigenvalue weighted by molar-refractivity contribution is 5.31. The van der Waals surface area contributed by atoms with Crippen LogP contribution >= 0.6 is 0 Å². The predicted octanol–water partition coefficient (Wildman–Crippen LogP) is 2.96. The van der Waals surface area contributed by atoms with Crippen molar-refractivity contribution >= 4 is 0 Å². The smallest absolute Gasteiger partial charge is 0.126 e. The van der Waals surface area contributed by atoms with Gasteiger partial charge in [-0.2, -0.15) is 0 Å².